The summed E-state index contributed by atoms with van der Waals surface area (Å²) in [6, 6.07) is 11.5. The minimum Gasteiger partial charge on any atom is -0.505 e. The van der Waals surface area contributed by atoms with Gasteiger partial charge in [-0.15, -0.1) is 10.2 Å². The summed E-state index contributed by atoms with van der Waals surface area (Å²) in [5.74, 6) is 0.462. The molecule has 0 aliphatic rings. The van der Waals surface area contributed by atoms with Gasteiger partial charge in [0.2, 0.25) is 0 Å². The third-order valence-corrected chi connectivity index (χ3v) is 3.40. The highest BCUT2D eigenvalue weighted by Crippen LogP contribution is 2.35. The Hall–Kier alpha value is -3.15. The van der Waals surface area contributed by atoms with Gasteiger partial charge >= 0.3 is 5.63 Å². The number of phenols is 1. The van der Waals surface area contributed by atoms with Crippen molar-refractivity contribution in [2.45, 2.75) is 6.92 Å². The van der Waals surface area contributed by atoms with Crippen molar-refractivity contribution in [2.24, 2.45) is 10.2 Å². The van der Waals surface area contributed by atoms with Gasteiger partial charge in [0.25, 0.3) is 0 Å². The highest BCUT2D eigenvalue weighted by molar-refractivity contribution is 5.85. The second-order valence-corrected chi connectivity index (χ2v) is 4.96. The Kier molecular flexibility index (Phi) is 3.80. The Morgan fingerprint density at radius 1 is 1.09 bits per heavy atom. The van der Waals surface area contributed by atoms with Crippen LogP contribution in [0.4, 0.5) is 11.4 Å². The van der Waals surface area contributed by atoms with E-state index in [0.29, 0.717) is 22.4 Å². The number of nitrogens with zero attached hydrogens (tertiary/aromatic N) is 2. The number of fused-ring (bicyclic) bond motifs is 1. The summed E-state index contributed by atoms with van der Waals surface area (Å²) in [5.41, 5.74) is 1.41. The Labute approximate surface area is 131 Å². The lowest BCUT2D eigenvalue weighted by molar-refractivity contribution is 0.416. The highest BCUT2D eigenvalue weighted by Gasteiger charge is 2.09. The first-order valence-corrected chi connectivity index (χ1v) is 6.90. The molecule has 1 aromatic heterocycles. The predicted molar refractivity (Wildman–Crippen MR) is 86.1 cm³/mol. The molecule has 0 radical (unpaired) electrons. The molecule has 0 aliphatic carbocycles. The van der Waals surface area contributed by atoms with Crippen LogP contribution in [0, 0.1) is 6.92 Å². The molecule has 3 rings (SSSR count). The quantitative estimate of drug-likeness (QED) is 0.579. The van der Waals surface area contributed by atoms with Gasteiger partial charge in [-0.1, -0.05) is 12.1 Å². The van der Waals surface area contributed by atoms with Crippen LogP contribution in [-0.4, -0.2) is 12.2 Å². The van der Waals surface area contributed by atoms with Gasteiger partial charge in [-0.05, 0) is 30.7 Å². The summed E-state index contributed by atoms with van der Waals surface area (Å²) in [6.07, 6.45) is 0. The number of para-hydroxylation sites is 1. The maximum absolute atomic E-state index is 11.4. The van der Waals surface area contributed by atoms with Crippen molar-refractivity contribution >= 4 is 22.3 Å². The standard InChI is InChI=1S/C17H14N2O4/c1-10-7-17(21)23-16-9-14(20)13(8-11(10)16)19-18-12-5-3-4-6-15(12)22-2/h3-9,20H,1-2H3. The number of hydrogen-bond donors (Lipinski definition) is 1. The van der Waals surface area contributed by atoms with Crippen molar-refractivity contribution in [3.05, 3.63) is 58.4 Å². The Balaban J connectivity index is 2.08. The Morgan fingerprint density at radius 2 is 1.83 bits per heavy atom. The van der Waals surface area contributed by atoms with Crippen molar-refractivity contribution in [1.82, 2.24) is 0 Å². The lowest BCUT2D eigenvalue weighted by atomic mass is 10.1. The fraction of sp³-hybridized carbons (Fsp3) is 0.118. The Bertz CT molecular complexity index is 960. The van der Waals surface area contributed by atoms with E-state index in [9.17, 15) is 9.90 Å². The van der Waals surface area contributed by atoms with Gasteiger partial charge in [-0.3, -0.25) is 0 Å². The number of rotatable bonds is 3. The SMILES string of the molecule is COc1ccccc1N=Nc1cc2c(C)cc(=O)oc2cc1O. The van der Waals surface area contributed by atoms with E-state index < -0.39 is 5.63 Å². The zero-order valence-corrected chi connectivity index (χ0v) is 12.6. The number of ether oxygens (including phenoxy) is 1. The normalized spacial score (nSPS) is 11.2. The first-order valence-electron chi connectivity index (χ1n) is 6.90. The molecule has 1 N–H and O–H groups in total. The minimum atomic E-state index is -0.460. The van der Waals surface area contributed by atoms with E-state index in [1.54, 1.807) is 32.2 Å². The van der Waals surface area contributed by atoms with Gasteiger partial charge in [-0.2, -0.15) is 0 Å². The van der Waals surface area contributed by atoms with E-state index in [1.165, 1.54) is 12.1 Å². The number of aryl methyl sites for hydroxylation is 1. The number of benzene rings is 2. The van der Waals surface area contributed by atoms with E-state index in [0.717, 1.165) is 5.56 Å². The maximum atomic E-state index is 11.4. The van der Waals surface area contributed by atoms with E-state index in [1.807, 2.05) is 12.1 Å². The second kappa shape index (κ2) is 5.92. The van der Waals surface area contributed by atoms with Crippen LogP contribution < -0.4 is 10.4 Å². The van der Waals surface area contributed by atoms with Crippen LogP contribution in [0.25, 0.3) is 11.0 Å². The average molecular weight is 310 g/mol. The first-order chi connectivity index (χ1) is 11.1. The van der Waals surface area contributed by atoms with Crippen molar-refractivity contribution in [1.29, 1.82) is 0 Å². The van der Waals surface area contributed by atoms with Gasteiger partial charge in [0.15, 0.2) is 0 Å². The van der Waals surface area contributed by atoms with E-state index in [2.05, 4.69) is 10.2 Å². The summed E-state index contributed by atoms with van der Waals surface area (Å²) in [7, 11) is 1.55. The van der Waals surface area contributed by atoms with Crippen LogP contribution in [0.5, 0.6) is 11.5 Å². The molecule has 0 saturated carbocycles. The van der Waals surface area contributed by atoms with Gasteiger partial charge in [0.1, 0.15) is 28.5 Å². The van der Waals surface area contributed by atoms with Crippen LogP contribution in [-0.2, 0) is 0 Å². The predicted octanol–water partition coefficient (Wildman–Crippen LogP) is 4.23. The molecule has 0 atom stereocenters. The largest absolute Gasteiger partial charge is 0.505 e. The molecule has 0 bridgehead atoms. The smallest absolute Gasteiger partial charge is 0.336 e. The molecule has 2 aromatic carbocycles. The average Bonchev–Trinajstić information content (AvgIpc) is 2.53. The molecule has 0 saturated heterocycles. The van der Waals surface area contributed by atoms with Crippen LogP contribution in [0.1, 0.15) is 5.56 Å². The van der Waals surface area contributed by atoms with Gasteiger partial charge in [-0.25, -0.2) is 4.79 Å². The summed E-state index contributed by atoms with van der Waals surface area (Å²) in [6.45, 7) is 1.79. The second-order valence-electron chi connectivity index (χ2n) is 4.96. The zero-order chi connectivity index (χ0) is 16.4. The summed E-state index contributed by atoms with van der Waals surface area (Å²) in [4.78, 5) is 11.4. The molecule has 6 nitrogen and oxygen atoms in total. The van der Waals surface area contributed by atoms with Crippen LogP contribution in [0.3, 0.4) is 0 Å². The number of phenolic OH excluding ortho intramolecular Hbond substituents is 1. The van der Waals surface area contributed by atoms with Crippen molar-refractivity contribution in [3.63, 3.8) is 0 Å². The topological polar surface area (TPSA) is 84.4 Å². The fourth-order valence-electron chi connectivity index (χ4n) is 2.24. The van der Waals surface area contributed by atoms with Gasteiger partial charge in [0, 0.05) is 17.5 Å². The van der Waals surface area contributed by atoms with E-state index >= 15 is 0 Å². The lowest BCUT2D eigenvalue weighted by Gasteiger charge is -2.04. The highest BCUT2D eigenvalue weighted by atomic mass is 16.5. The first kappa shape index (κ1) is 14.8. The molecule has 116 valence electrons. The van der Waals surface area contributed by atoms with Gasteiger partial charge in [0.05, 0.1) is 7.11 Å². The van der Waals surface area contributed by atoms with E-state index in [4.69, 9.17) is 9.15 Å². The van der Waals surface area contributed by atoms with E-state index in [-0.39, 0.29) is 11.4 Å². The van der Waals surface area contributed by atoms with Crippen molar-refractivity contribution < 1.29 is 14.3 Å². The molecule has 6 heteroatoms. The molecule has 1 heterocycles. The number of aromatic hydroxyl groups is 1. The molecule has 23 heavy (non-hydrogen) atoms. The Morgan fingerprint density at radius 3 is 2.61 bits per heavy atom. The molecule has 0 fully saturated rings. The van der Waals surface area contributed by atoms with Crippen LogP contribution in [0.15, 0.2) is 61.9 Å². The van der Waals surface area contributed by atoms with Gasteiger partial charge < -0.3 is 14.3 Å². The number of hydrogen-bond acceptors (Lipinski definition) is 6. The third kappa shape index (κ3) is 2.91. The molecule has 0 spiro atoms. The molecule has 3 aromatic rings. The third-order valence-electron chi connectivity index (χ3n) is 3.40. The lowest BCUT2D eigenvalue weighted by Crippen LogP contribution is -1.97. The van der Waals surface area contributed by atoms with Crippen LogP contribution in [0.2, 0.25) is 0 Å². The number of azo groups is 1. The summed E-state index contributed by atoms with van der Waals surface area (Å²) < 4.78 is 10.3. The minimum absolute atomic E-state index is 0.120. The summed E-state index contributed by atoms with van der Waals surface area (Å²) in [5, 5.41) is 18.9. The zero-order valence-electron chi connectivity index (χ0n) is 12.6. The molecule has 0 unspecified atom stereocenters. The molecule has 0 amide bonds. The fourth-order valence-corrected chi connectivity index (χ4v) is 2.24. The van der Waals surface area contributed by atoms with Crippen molar-refractivity contribution in [3.8, 4) is 11.5 Å². The molecular formula is C17H14N2O4. The van der Waals surface area contributed by atoms with Crippen LogP contribution >= 0.6 is 0 Å². The molecule has 0 aliphatic heterocycles. The number of methoxy groups -OCH3 is 1. The molecular weight excluding hydrogens is 296 g/mol. The summed E-state index contributed by atoms with van der Waals surface area (Å²) >= 11 is 0. The van der Waals surface area contributed by atoms with Crippen molar-refractivity contribution in [2.75, 3.05) is 7.11 Å². The monoisotopic (exact) mass is 310 g/mol. The maximum Gasteiger partial charge on any atom is 0.336 e.